The van der Waals surface area contributed by atoms with Crippen molar-refractivity contribution >= 4 is 11.3 Å². The van der Waals surface area contributed by atoms with Crippen LogP contribution in [-0.2, 0) is 6.54 Å². The van der Waals surface area contributed by atoms with Crippen LogP contribution in [0.15, 0.2) is 55.0 Å². The molecule has 10 nitrogen and oxygen atoms in total. The lowest BCUT2D eigenvalue weighted by atomic mass is 9.97. The first-order valence-corrected chi connectivity index (χ1v) is 12.5. The van der Waals surface area contributed by atoms with Gasteiger partial charge in [-0.2, -0.15) is 10.4 Å². The van der Waals surface area contributed by atoms with Crippen molar-refractivity contribution in [1.82, 2.24) is 35.3 Å². The maximum absolute atomic E-state index is 9.67. The summed E-state index contributed by atoms with van der Waals surface area (Å²) in [5.74, 6) is 1.96. The van der Waals surface area contributed by atoms with Gasteiger partial charge in [-0.15, -0.1) is 0 Å². The minimum atomic E-state index is 0.341. The van der Waals surface area contributed by atoms with Crippen LogP contribution in [0.25, 0.3) is 16.6 Å². The molecule has 0 radical (unpaired) electrons. The van der Waals surface area contributed by atoms with Gasteiger partial charge in [0.15, 0.2) is 0 Å². The molecular weight excluding hydrogens is 466 g/mol. The van der Waals surface area contributed by atoms with Crippen LogP contribution in [0.3, 0.4) is 0 Å². The number of hydrogen-bond acceptors (Lipinski definition) is 9. The number of ether oxygens (including phenoxy) is 1. The van der Waals surface area contributed by atoms with Crippen LogP contribution >= 0.6 is 0 Å². The zero-order valence-electron chi connectivity index (χ0n) is 20.8. The number of methoxy groups -OCH3 is 1. The van der Waals surface area contributed by atoms with E-state index in [1.807, 2.05) is 35.1 Å². The Balaban J connectivity index is 1.19. The molecule has 6 rings (SSSR count). The second-order valence-corrected chi connectivity index (χ2v) is 9.45. The minimum Gasteiger partial charge on any atom is -0.481 e. The SMILES string of the molecule is COc1cccc(CN2CCN(c3ccc(-c4cc(C5CNNC5)cn5ncc(C#N)c45)cn3)CC2)n1. The minimum absolute atomic E-state index is 0.341. The average molecular weight is 496 g/mol. The third kappa shape index (κ3) is 4.72. The molecule has 6 heterocycles. The number of pyridine rings is 3. The second-order valence-electron chi connectivity index (χ2n) is 9.45. The first-order valence-electron chi connectivity index (χ1n) is 12.5. The fourth-order valence-corrected chi connectivity index (χ4v) is 5.12. The van der Waals surface area contributed by atoms with Gasteiger partial charge in [0.2, 0.25) is 5.88 Å². The Bertz CT molecular complexity index is 1430. The van der Waals surface area contributed by atoms with Crippen LogP contribution in [0.2, 0.25) is 0 Å². The normalized spacial score (nSPS) is 16.8. The quantitative estimate of drug-likeness (QED) is 0.416. The van der Waals surface area contributed by atoms with Crippen LogP contribution in [0, 0.1) is 11.3 Å². The molecule has 0 saturated carbocycles. The Hall–Kier alpha value is -4.04. The Morgan fingerprint density at radius 2 is 1.92 bits per heavy atom. The maximum Gasteiger partial charge on any atom is 0.213 e. The molecule has 37 heavy (non-hydrogen) atoms. The summed E-state index contributed by atoms with van der Waals surface area (Å²) < 4.78 is 7.08. The van der Waals surface area contributed by atoms with E-state index in [4.69, 9.17) is 9.72 Å². The highest BCUT2D eigenvalue weighted by Gasteiger charge is 2.22. The molecule has 2 aliphatic rings. The van der Waals surface area contributed by atoms with E-state index < -0.39 is 0 Å². The fourth-order valence-electron chi connectivity index (χ4n) is 5.12. The molecule has 0 spiro atoms. The standard InChI is InChI=1S/C27H29N9O/c1-37-26-4-2-3-23(33-26)18-34-7-9-35(10-8-34)25-6-5-19(13-29-25)24-11-20(22-14-30-31-15-22)17-36-27(24)21(12-28)16-32-36/h2-6,11,13,16-17,22,30-31H,7-10,14-15,18H2,1H3. The highest BCUT2D eigenvalue weighted by molar-refractivity contribution is 5.84. The van der Waals surface area contributed by atoms with E-state index in [-0.39, 0.29) is 0 Å². The van der Waals surface area contributed by atoms with Crippen LogP contribution in [0.5, 0.6) is 5.88 Å². The van der Waals surface area contributed by atoms with Gasteiger partial charge >= 0.3 is 0 Å². The summed E-state index contributed by atoms with van der Waals surface area (Å²) in [6, 6.07) is 14.5. The zero-order valence-corrected chi connectivity index (χ0v) is 20.8. The molecule has 4 aromatic rings. The zero-order chi connectivity index (χ0) is 25.2. The number of fused-ring (bicyclic) bond motifs is 1. The van der Waals surface area contributed by atoms with Gasteiger partial charge in [0.1, 0.15) is 11.9 Å². The molecule has 2 N–H and O–H groups in total. The summed E-state index contributed by atoms with van der Waals surface area (Å²) in [6.45, 7) is 6.20. The molecule has 0 amide bonds. The van der Waals surface area contributed by atoms with Crippen molar-refractivity contribution in [3.05, 3.63) is 71.8 Å². The molecule has 2 saturated heterocycles. The predicted molar refractivity (Wildman–Crippen MR) is 140 cm³/mol. The van der Waals surface area contributed by atoms with E-state index in [2.05, 4.69) is 55.0 Å². The van der Waals surface area contributed by atoms with Gasteiger partial charge in [0, 0.05) is 81.3 Å². The maximum atomic E-state index is 9.67. The van der Waals surface area contributed by atoms with Gasteiger partial charge in [0.25, 0.3) is 0 Å². The van der Waals surface area contributed by atoms with E-state index in [0.717, 1.165) is 74.0 Å². The van der Waals surface area contributed by atoms with Crippen molar-refractivity contribution in [3.8, 4) is 23.1 Å². The van der Waals surface area contributed by atoms with Crippen molar-refractivity contribution in [2.75, 3.05) is 51.3 Å². The first-order chi connectivity index (χ1) is 18.2. The Morgan fingerprint density at radius 3 is 2.65 bits per heavy atom. The topological polar surface area (TPSA) is 107 Å². The van der Waals surface area contributed by atoms with E-state index in [1.54, 1.807) is 13.3 Å². The summed E-state index contributed by atoms with van der Waals surface area (Å²) in [7, 11) is 1.64. The molecule has 2 aliphatic heterocycles. The lowest BCUT2D eigenvalue weighted by Gasteiger charge is -2.35. The Kier molecular flexibility index (Phi) is 6.40. The lowest BCUT2D eigenvalue weighted by molar-refractivity contribution is 0.245. The van der Waals surface area contributed by atoms with E-state index in [0.29, 0.717) is 17.4 Å². The fraction of sp³-hybridized carbons (Fsp3) is 0.333. The number of nitriles is 1. The van der Waals surface area contributed by atoms with Crippen LogP contribution in [0.4, 0.5) is 5.82 Å². The first kappa shape index (κ1) is 23.4. The summed E-state index contributed by atoms with van der Waals surface area (Å²) in [5, 5.41) is 14.1. The predicted octanol–water partition coefficient (Wildman–Crippen LogP) is 2.19. The highest BCUT2D eigenvalue weighted by Crippen LogP contribution is 2.31. The number of piperazine rings is 1. The number of aromatic nitrogens is 4. The molecule has 0 bridgehead atoms. The van der Waals surface area contributed by atoms with E-state index in [9.17, 15) is 5.26 Å². The van der Waals surface area contributed by atoms with Gasteiger partial charge < -0.3 is 9.64 Å². The number of anilines is 1. The molecule has 4 aromatic heterocycles. The summed E-state index contributed by atoms with van der Waals surface area (Å²) in [6.07, 6.45) is 5.58. The largest absolute Gasteiger partial charge is 0.481 e. The van der Waals surface area contributed by atoms with Crippen LogP contribution in [-0.4, -0.2) is 70.9 Å². The lowest BCUT2D eigenvalue weighted by Crippen LogP contribution is -2.46. The van der Waals surface area contributed by atoms with Crippen LogP contribution in [0.1, 0.15) is 22.7 Å². The molecule has 188 valence electrons. The van der Waals surface area contributed by atoms with Gasteiger partial charge in [-0.3, -0.25) is 15.8 Å². The second kappa shape index (κ2) is 10.1. The van der Waals surface area contributed by atoms with Gasteiger partial charge in [-0.05, 0) is 29.8 Å². The highest BCUT2D eigenvalue weighted by atomic mass is 16.5. The molecule has 2 fully saturated rings. The van der Waals surface area contributed by atoms with Crippen molar-refractivity contribution in [3.63, 3.8) is 0 Å². The molecule has 0 atom stereocenters. The smallest absolute Gasteiger partial charge is 0.213 e. The van der Waals surface area contributed by atoms with Crippen LogP contribution < -0.4 is 20.5 Å². The van der Waals surface area contributed by atoms with Crippen molar-refractivity contribution in [2.45, 2.75) is 12.5 Å². The molecule has 0 aromatic carbocycles. The summed E-state index contributed by atoms with van der Waals surface area (Å²) in [5.41, 5.74) is 11.9. The summed E-state index contributed by atoms with van der Waals surface area (Å²) >= 11 is 0. The van der Waals surface area contributed by atoms with E-state index >= 15 is 0 Å². The monoisotopic (exact) mass is 495 g/mol. The molecular formula is C27H29N9O. The van der Waals surface area contributed by atoms with Crippen molar-refractivity contribution < 1.29 is 4.74 Å². The third-order valence-electron chi connectivity index (χ3n) is 7.18. The van der Waals surface area contributed by atoms with E-state index in [1.165, 1.54) is 5.56 Å². The average Bonchev–Trinajstić information content (AvgIpc) is 3.64. The third-order valence-corrected chi connectivity index (χ3v) is 7.18. The van der Waals surface area contributed by atoms with Gasteiger partial charge in [0.05, 0.1) is 30.1 Å². The number of hydrazine groups is 1. The summed E-state index contributed by atoms with van der Waals surface area (Å²) in [4.78, 5) is 14.1. The molecule has 0 aliphatic carbocycles. The Labute approximate surface area is 215 Å². The Morgan fingerprint density at radius 1 is 1.08 bits per heavy atom. The molecule has 0 unspecified atom stereocenters. The number of hydrogen-bond donors (Lipinski definition) is 2. The van der Waals surface area contributed by atoms with Gasteiger partial charge in [-0.25, -0.2) is 14.5 Å². The number of rotatable bonds is 6. The van der Waals surface area contributed by atoms with Crippen molar-refractivity contribution in [2.24, 2.45) is 0 Å². The number of nitrogens with one attached hydrogen (secondary N) is 2. The molecule has 10 heteroatoms. The van der Waals surface area contributed by atoms with Crippen molar-refractivity contribution in [1.29, 1.82) is 5.26 Å². The number of nitrogens with zero attached hydrogens (tertiary/aromatic N) is 7. The van der Waals surface area contributed by atoms with Gasteiger partial charge in [-0.1, -0.05) is 6.07 Å².